The first-order valence-electron chi connectivity index (χ1n) is 13.9. The normalized spacial score (nSPS) is 16.9. The molecule has 0 bridgehead atoms. The summed E-state index contributed by atoms with van der Waals surface area (Å²) in [6, 6.07) is 18.5. The topological polar surface area (TPSA) is 79.3 Å². The fraction of sp³-hybridized carbons (Fsp3) is 0.375. The molecule has 3 aromatic rings. The van der Waals surface area contributed by atoms with Crippen molar-refractivity contribution >= 4 is 29.2 Å². The summed E-state index contributed by atoms with van der Waals surface area (Å²) in [5, 5.41) is 9.83. The minimum atomic E-state index is -0.969. The molecule has 210 valence electrons. The summed E-state index contributed by atoms with van der Waals surface area (Å²) in [5.74, 6) is 0.657. The molecular formula is C32H35ClN2O5. The molecule has 2 aliphatic rings. The van der Waals surface area contributed by atoms with Crippen LogP contribution in [0.2, 0.25) is 5.02 Å². The second kappa shape index (κ2) is 11.9. The highest BCUT2D eigenvalue weighted by atomic mass is 35.5. The fourth-order valence-electron chi connectivity index (χ4n) is 5.90. The van der Waals surface area contributed by atoms with Crippen molar-refractivity contribution in [2.75, 3.05) is 37.7 Å². The van der Waals surface area contributed by atoms with E-state index in [0.717, 1.165) is 66.4 Å². The Morgan fingerprint density at radius 1 is 0.975 bits per heavy atom. The van der Waals surface area contributed by atoms with Crippen molar-refractivity contribution in [1.82, 2.24) is 4.90 Å². The SMILES string of the molecule is CCOc1cc(CN2CCC3(CC2)CC(=O)N(c2ccc(C(=O)O)cc2)C3)cc(OCC)c1-c1ccccc1Cl. The summed E-state index contributed by atoms with van der Waals surface area (Å²) in [7, 11) is 0. The highest BCUT2D eigenvalue weighted by molar-refractivity contribution is 6.33. The van der Waals surface area contributed by atoms with Crippen LogP contribution in [-0.2, 0) is 11.3 Å². The monoisotopic (exact) mass is 562 g/mol. The number of hydrogen-bond donors (Lipinski definition) is 1. The molecule has 2 heterocycles. The number of likely N-dealkylation sites (tertiary alicyclic amines) is 1. The summed E-state index contributed by atoms with van der Waals surface area (Å²) < 4.78 is 12.2. The first-order chi connectivity index (χ1) is 19.3. The molecule has 2 aliphatic heterocycles. The maximum atomic E-state index is 13.0. The molecule has 40 heavy (non-hydrogen) atoms. The Kier molecular flexibility index (Phi) is 8.33. The van der Waals surface area contributed by atoms with Crippen molar-refractivity contribution in [3.8, 4) is 22.6 Å². The van der Waals surface area contributed by atoms with Crippen molar-refractivity contribution < 1.29 is 24.2 Å². The van der Waals surface area contributed by atoms with Crippen molar-refractivity contribution in [3.05, 3.63) is 76.8 Å². The predicted octanol–water partition coefficient (Wildman–Crippen LogP) is 6.52. The van der Waals surface area contributed by atoms with Crippen LogP contribution in [0.25, 0.3) is 11.1 Å². The smallest absolute Gasteiger partial charge is 0.335 e. The fourth-order valence-corrected chi connectivity index (χ4v) is 6.13. The lowest BCUT2D eigenvalue weighted by Crippen LogP contribution is -2.41. The third kappa shape index (κ3) is 5.81. The molecule has 0 saturated carbocycles. The number of benzene rings is 3. The number of carboxylic acids is 1. The highest BCUT2D eigenvalue weighted by Crippen LogP contribution is 2.45. The number of nitrogens with zero attached hydrogens (tertiary/aromatic N) is 2. The van der Waals surface area contributed by atoms with Gasteiger partial charge in [-0.3, -0.25) is 9.69 Å². The predicted molar refractivity (Wildman–Crippen MR) is 157 cm³/mol. The number of aromatic carboxylic acids is 1. The first-order valence-corrected chi connectivity index (χ1v) is 14.2. The standard InChI is InChI=1S/C32H35ClN2O5/c1-3-39-27-17-22(18-28(40-4-2)30(27)25-7-5-6-8-26(25)33)20-34-15-13-32(14-16-34)19-29(36)35(21-32)24-11-9-23(10-12-24)31(37)38/h5-12,17-18H,3-4,13-16,19-21H2,1-2H3,(H,37,38). The number of anilines is 1. The van der Waals surface area contributed by atoms with E-state index in [1.54, 1.807) is 24.3 Å². The summed E-state index contributed by atoms with van der Waals surface area (Å²) in [6.07, 6.45) is 2.38. The molecule has 2 fully saturated rings. The van der Waals surface area contributed by atoms with Gasteiger partial charge < -0.3 is 19.5 Å². The van der Waals surface area contributed by atoms with E-state index >= 15 is 0 Å². The number of carboxylic acid groups (broad SMARTS) is 1. The Hall–Kier alpha value is -3.55. The van der Waals surface area contributed by atoms with Crippen LogP contribution < -0.4 is 14.4 Å². The van der Waals surface area contributed by atoms with E-state index in [4.69, 9.17) is 21.1 Å². The number of rotatable bonds is 9. The van der Waals surface area contributed by atoms with Crippen LogP contribution in [-0.4, -0.2) is 54.7 Å². The van der Waals surface area contributed by atoms with Gasteiger partial charge in [-0.05, 0) is 93.2 Å². The molecule has 0 aromatic heterocycles. The Bertz CT molecular complexity index is 1360. The number of carbonyl (C=O) groups is 2. The van der Waals surface area contributed by atoms with Gasteiger partial charge in [0.1, 0.15) is 11.5 Å². The second-order valence-corrected chi connectivity index (χ2v) is 11.0. The summed E-state index contributed by atoms with van der Waals surface area (Å²) >= 11 is 6.57. The number of carbonyl (C=O) groups excluding carboxylic acids is 1. The van der Waals surface area contributed by atoms with E-state index in [1.165, 1.54) is 0 Å². The molecule has 7 nitrogen and oxygen atoms in total. The highest BCUT2D eigenvalue weighted by Gasteiger charge is 2.45. The van der Waals surface area contributed by atoms with Crippen LogP contribution in [0.1, 0.15) is 49.0 Å². The van der Waals surface area contributed by atoms with Gasteiger partial charge in [0.15, 0.2) is 0 Å². The Morgan fingerprint density at radius 2 is 1.60 bits per heavy atom. The van der Waals surface area contributed by atoms with E-state index in [-0.39, 0.29) is 16.9 Å². The van der Waals surface area contributed by atoms with E-state index in [9.17, 15) is 14.7 Å². The average Bonchev–Trinajstić information content (AvgIpc) is 3.26. The van der Waals surface area contributed by atoms with Crippen molar-refractivity contribution in [1.29, 1.82) is 0 Å². The number of hydrogen-bond acceptors (Lipinski definition) is 5. The van der Waals surface area contributed by atoms with Crippen molar-refractivity contribution in [2.45, 2.75) is 39.7 Å². The molecule has 0 unspecified atom stereocenters. The summed E-state index contributed by atoms with van der Waals surface area (Å²) in [5.41, 5.74) is 3.80. The number of ether oxygens (including phenoxy) is 2. The zero-order chi connectivity index (χ0) is 28.3. The van der Waals surface area contributed by atoms with Gasteiger partial charge in [0.2, 0.25) is 5.91 Å². The van der Waals surface area contributed by atoms with Crippen LogP contribution in [0.15, 0.2) is 60.7 Å². The maximum Gasteiger partial charge on any atom is 0.335 e. The van der Waals surface area contributed by atoms with Gasteiger partial charge in [-0.2, -0.15) is 0 Å². The first kappa shape index (κ1) is 28.0. The van der Waals surface area contributed by atoms with Gasteiger partial charge in [-0.1, -0.05) is 29.8 Å². The molecule has 2 saturated heterocycles. The zero-order valence-corrected chi connectivity index (χ0v) is 23.7. The van der Waals surface area contributed by atoms with Crippen LogP contribution in [0, 0.1) is 5.41 Å². The Morgan fingerprint density at radius 3 is 2.17 bits per heavy atom. The molecule has 8 heteroatoms. The molecule has 5 rings (SSSR count). The largest absolute Gasteiger partial charge is 0.493 e. The van der Waals surface area contributed by atoms with Gasteiger partial charge in [0, 0.05) is 35.8 Å². The maximum absolute atomic E-state index is 13.0. The lowest BCUT2D eigenvalue weighted by Gasteiger charge is -2.39. The molecule has 3 aromatic carbocycles. The minimum Gasteiger partial charge on any atom is -0.493 e. The molecule has 1 N–H and O–H groups in total. The molecule has 0 aliphatic carbocycles. The molecule has 1 spiro atoms. The zero-order valence-electron chi connectivity index (χ0n) is 23.0. The quantitative estimate of drug-likeness (QED) is 0.320. The van der Waals surface area contributed by atoms with E-state index in [1.807, 2.05) is 43.0 Å². The number of halogens is 1. The lowest BCUT2D eigenvalue weighted by atomic mass is 9.77. The van der Waals surface area contributed by atoms with Gasteiger partial charge in [-0.15, -0.1) is 0 Å². The molecule has 0 atom stereocenters. The van der Waals surface area contributed by atoms with Crippen LogP contribution >= 0.6 is 11.6 Å². The van der Waals surface area contributed by atoms with Gasteiger partial charge in [0.05, 0.1) is 24.3 Å². The van der Waals surface area contributed by atoms with Crippen LogP contribution in [0.5, 0.6) is 11.5 Å². The van der Waals surface area contributed by atoms with Crippen molar-refractivity contribution in [2.24, 2.45) is 5.41 Å². The number of amides is 1. The Labute approximate surface area is 240 Å². The third-order valence-electron chi connectivity index (χ3n) is 7.94. The summed E-state index contributed by atoms with van der Waals surface area (Å²) in [4.78, 5) is 28.4. The lowest BCUT2D eigenvalue weighted by molar-refractivity contribution is -0.118. The van der Waals surface area contributed by atoms with Crippen molar-refractivity contribution in [3.63, 3.8) is 0 Å². The van der Waals surface area contributed by atoms with Crippen LogP contribution in [0.4, 0.5) is 5.69 Å². The average molecular weight is 563 g/mol. The Balaban J connectivity index is 1.30. The summed E-state index contributed by atoms with van der Waals surface area (Å²) in [6.45, 7) is 8.21. The molecule has 1 amide bonds. The molecule has 0 radical (unpaired) electrons. The van der Waals surface area contributed by atoms with Gasteiger partial charge in [0.25, 0.3) is 0 Å². The van der Waals surface area contributed by atoms with Gasteiger partial charge in [-0.25, -0.2) is 4.79 Å². The third-order valence-corrected chi connectivity index (χ3v) is 8.27. The van der Waals surface area contributed by atoms with Crippen LogP contribution in [0.3, 0.4) is 0 Å². The minimum absolute atomic E-state index is 0.0556. The second-order valence-electron chi connectivity index (χ2n) is 10.6. The van der Waals surface area contributed by atoms with Gasteiger partial charge >= 0.3 is 5.97 Å². The number of piperidine rings is 1. The van der Waals surface area contributed by atoms with E-state index < -0.39 is 5.97 Å². The van der Waals surface area contributed by atoms with E-state index in [2.05, 4.69) is 17.0 Å². The van der Waals surface area contributed by atoms with E-state index in [0.29, 0.717) is 31.2 Å². The molecular weight excluding hydrogens is 528 g/mol.